The SMILES string of the molecule is COc1cc(OC)c2c(c1)[C@@H](C)[C@H](C)C2=O. The van der Waals surface area contributed by atoms with Crippen LogP contribution in [0.2, 0.25) is 0 Å². The first kappa shape index (κ1) is 11.0. The van der Waals surface area contributed by atoms with Crippen molar-refractivity contribution in [2.24, 2.45) is 5.92 Å². The third-order valence-electron chi connectivity index (χ3n) is 3.46. The smallest absolute Gasteiger partial charge is 0.170 e. The quantitative estimate of drug-likeness (QED) is 0.768. The van der Waals surface area contributed by atoms with Crippen LogP contribution in [0.1, 0.15) is 35.7 Å². The lowest BCUT2D eigenvalue weighted by atomic mass is 9.96. The Morgan fingerprint density at radius 3 is 2.31 bits per heavy atom. The second-order valence-corrected chi connectivity index (χ2v) is 4.24. The summed E-state index contributed by atoms with van der Waals surface area (Å²) < 4.78 is 10.5. The molecule has 2 atom stereocenters. The Balaban J connectivity index is 2.64. The highest BCUT2D eigenvalue weighted by atomic mass is 16.5. The monoisotopic (exact) mass is 220 g/mol. The molecule has 0 bridgehead atoms. The number of carbonyl (C=O) groups is 1. The normalized spacial score (nSPS) is 23.1. The molecule has 0 unspecified atom stereocenters. The van der Waals surface area contributed by atoms with Gasteiger partial charge in [0.15, 0.2) is 5.78 Å². The average Bonchev–Trinajstić information content (AvgIpc) is 2.53. The van der Waals surface area contributed by atoms with E-state index >= 15 is 0 Å². The van der Waals surface area contributed by atoms with E-state index in [1.54, 1.807) is 20.3 Å². The van der Waals surface area contributed by atoms with Crippen LogP contribution in [-0.2, 0) is 0 Å². The highest BCUT2D eigenvalue weighted by Crippen LogP contribution is 2.43. The van der Waals surface area contributed by atoms with Crippen molar-refractivity contribution in [3.05, 3.63) is 23.3 Å². The van der Waals surface area contributed by atoms with Crippen molar-refractivity contribution in [3.63, 3.8) is 0 Å². The second kappa shape index (κ2) is 3.81. The number of rotatable bonds is 2. The molecule has 0 N–H and O–H groups in total. The molecule has 0 radical (unpaired) electrons. The summed E-state index contributed by atoms with van der Waals surface area (Å²) in [6, 6.07) is 3.70. The molecule has 3 heteroatoms. The number of hydrogen-bond donors (Lipinski definition) is 0. The van der Waals surface area contributed by atoms with E-state index in [0.717, 1.165) is 16.9 Å². The van der Waals surface area contributed by atoms with Gasteiger partial charge in [0.1, 0.15) is 11.5 Å². The van der Waals surface area contributed by atoms with Crippen molar-refractivity contribution in [2.75, 3.05) is 14.2 Å². The molecule has 1 aromatic carbocycles. The van der Waals surface area contributed by atoms with Crippen LogP contribution < -0.4 is 9.47 Å². The standard InChI is InChI=1S/C13H16O3/c1-7-8(2)13(14)12-10(7)5-9(15-3)6-11(12)16-4/h5-8H,1-4H3/t7-,8-/m0/s1. The van der Waals surface area contributed by atoms with E-state index in [9.17, 15) is 4.79 Å². The summed E-state index contributed by atoms with van der Waals surface area (Å²) in [4.78, 5) is 12.1. The van der Waals surface area contributed by atoms with Gasteiger partial charge in [-0.3, -0.25) is 4.79 Å². The van der Waals surface area contributed by atoms with Crippen LogP contribution in [0.4, 0.5) is 0 Å². The summed E-state index contributed by atoms with van der Waals surface area (Å²) in [5, 5.41) is 0. The summed E-state index contributed by atoms with van der Waals surface area (Å²) >= 11 is 0. The molecule has 0 amide bonds. The van der Waals surface area contributed by atoms with Crippen LogP contribution in [0, 0.1) is 5.92 Å². The summed E-state index contributed by atoms with van der Waals surface area (Å²) in [7, 11) is 3.20. The molecule has 0 spiro atoms. The fourth-order valence-electron chi connectivity index (χ4n) is 2.24. The predicted octanol–water partition coefficient (Wildman–Crippen LogP) is 2.64. The summed E-state index contributed by atoms with van der Waals surface area (Å²) in [5.41, 5.74) is 1.76. The Bertz CT molecular complexity index is 437. The highest BCUT2D eigenvalue weighted by Gasteiger charge is 2.36. The molecule has 3 nitrogen and oxygen atoms in total. The van der Waals surface area contributed by atoms with E-state index in [0.29, 0.717) is 5.75 Å². The lowest BCUT2D eigenvalue weighted by Crippen LogP contribution is -2.06. The van der Waals surface area contributed by atoms with E-state index in [1.807, 2.05) is 13.0 Å². The molecule has 1 aromatic rings. The Kier molecular flexibility index (Phi) is 2.62. The van der Waals surface area contributed by atoms with Crippen molar-refractivity contribution < 1.29 is 14.3 Å². The highest BCUT2D eigenvalue weighted by molar-refractivity contribution is 6.05. The van der Waals surface area contributed by atoms with Gasteiger partial charge in [0, 0.05) is 12.0 Å². The van der Waals surface area contributed by atoms with Crippen molar-refractivity contribution in [2.45, 2.75) is 19.8 Å². The van der Waals surface area contributed by atoms with Gasteiger partial charge in [0.2, 0.25) is 0 Å². The number of hydrogen-bond acceptors (Lipinski definition) is 3. The lowest BCUT2D eigenvalue weighted by molar-refractivity contribution is 0.0934. The van der Waals surface area contributed by atoms with Crippen LogP contribution in [0.3, 0.4) is 0 Å². The molecule has 0 aromatic heterocycles. The molecule has 0 saturated carbocycles. The Morgan fingerprint density at radius 2 is 1.75 bits per heavy atom. The number of ether oxygens (including phenoxy) is 2. The Hall–Kier alpha value is -1.51. The van der Waals surface area contributed by atoms with Crippen LogP contribution in [0.5, 0.6) is 11.5 Å². The first-order valence-corrected chi connectivity index (χ1v) is 5.40. The minimum absolute atomic E-state index is 0.0241. The van der Waals surface area contributed by atoms with Crippen LogP contribution >= 0.6 is 0 Å². The maximum absolute atomic E-state index is 12.1. The zero-order chi connectivity index (χ0) is 11.9. The third kappa shape index (κ3) is 1.39. The topological polar surface area (TPSA) is 35.5 Å². The maximum atomic E-state index is 12.1. The molecule has 0 saturated heterocycles. The molecule has 0 aliphatic heterocycles. The summed E-state index contributed by atoms with van der Waals surface area (Å²) in [6.45, 7) is 4.02. The fourth-order valence-corrected chi connectivity index (χ4v) is 2.24. The number of ketones is 1. The van der Waals surface area contributed by atoms with E-state index in [2.05, 4.69) is 6.92 Å². The van der Waals surface area contributed by atoms with Crippen molar-refractivity contribution >= 4 is 5.78 Å². The van der Waals surface area contributed by atoms with Crippen molar-refractivity contribution in [1.29, 1.82) is 0 Å². The van der Waals surface area contributed by atoms with Gasteiger partial charge in [-0.25, -0.2) is 0 Å². The van der Waals surface area contributed by atoms with Gasteiger partial charge >= 0.3 is 0 Å². The summed E-state index contributed by atoms with van der Waals surface area (Å²) in [6.07, 6.45) is 0. The largest absolute Gasteiger partial charge is 0.497 e. The van der Waals surface area contributed by atoms with Crippen molar-refractivity contribution in [1.82, 2.24) is 0 Å². The number of Topliss-reactive ketones (excluding diaryl/α,β-unsaturated/α-hetero) is 1. The molecule has 0 heterocycles. The molecule has 86 valence electrons. The summed E-state index contributed by atoms with van der Waals surface area (Å²) in [5.74, 6) is 1.78. The molecular weight excluding hydrogens is 204 g/mol. The molecule has 0 fully saturated rings. The average molecular weight is 220 g/mol. The lowest BCUT2D eigenvalue weighted by Gasteiger charge is -2.11. The van der Waals surface area contributed by atoms with Crippen LogP contribution in [-0.4, -0.2) is 20.0 Å². The molecule has 2 rings (SSSR count). The zero-order valence-corrected chi connectivity index (χ0v) is 10.0. The Morgan fingerprint density at radius 1 is 1.06 bits per heavy atom. The zero-order valence-electron chi connectivity index (χ0n) is 10.0. The molecule has 1 aliphatic rings. The van der Waals surface area contributed by atoms with Crippen LogP contribution in [0.15, 0.2) is 12.1 Å². The van der Waals surface area contributed by atoms with Gasteiger partial charge in [-0.2, -0.15) is 0 Å². The Labute approximate surface area is 95.4 Å². The van der Waals surface area contributed by atoms with Gasteiger partial charge in [-0.1, -0.05) is 13.8 Å². The first-order valence-electron chi connectivity index (χ1n) is 5.40. The van der Waals surface area contributed by atoms with Gasteiger partial charge in [0.05, 0.1) is 19.8 Å². The molecule has 16 heavy (non-hydrogen) atoms. The molecule has 1 aliphatic carbocycles. The second-order valence-electron chi connectivity index (χ2n) is 4.24. The van der Waals surface area contributed by atoms with Gasteiger partial charge < -0.3 is 9.47 Å². The number of carbonyl (C=O) groups excluding carboxylic acids is 1. The van der Waals surface area contributed by atoms with E-state index in [-0.39, 0.29) is 17.6 Å². The number of benzene rings is 1. The maximum Gasteiger partial charge on any atom is 0.170 e. The predicted molar refractivity (Wildman–Crippen MR) is 61.5 cm³/mol. The fraction of sp³-hybridized carbons (Fsp3) is 0.462. The van der Waals surface area contributed by atoms with Gasteiger partial charge in [-0.05, 0) is 17.5 Å². The van der Waals surface area contributed by atoms with Crippen LogP contribution in [0.25, 0.3) is 0 Å². The minimum Gasteiger partial charge on any atom is -0.497 e. The third-order valence-corrected chi connectivity index (χ3v) is 3.46. The number of fused-ring (bicyclic) bond motifs is 1. The first-order chi connectivity index (χ1) is 7.60. The van der Waals surface area contributed by atoms with E-state index in [1.165, 1.54) is 0 Å². The van der Waals surface area contributed by atoms with Crippen molar-refractivity contribution in [3.8, 4) is 11.5 Å². The van der Waals surface area contributed by atoms with E-state index in [4.69, 9.17) is 9.47 Å². The van der Waals surface area contributed by atoms with Gasteiger partial charge in [0.25, 0.3) is 0 Å². The molecular formula is C13H16O3. The minimum atomic E-state index is 0.0241. The number of methoxy groups -OCH3 is 2. The van der Waals surface area contributed by atoms with E-state index < -0.39 is 0 Å². The van der Waals surface area contributed by atoms with Gasteiger partial charge in [-0.15, -0.1) is 0 Å².